The van der Waals surface area contributed by atoms with Crippen molar-refractivity contribution in [2.45, 2.75) is 0 Å². The lowest BCUT2D eigenvalue weighted by molar-refractivity contribution is -0.119. The number of anilines is 1. The highest BCUT2D eigenvalue weighted by Crippen LogP contribution is 2.19. The number of nitrogens with zero attached hydrogens (tertiary/aromatic N) is 1. The molecule has 0 spiro atoms. The molecule has 0 N–H and O–H groups in total. The standard InChI is InChI=1S/C14H9NO2/c1-2-3-5-11-6-4-7-12(10-11)15-13(16)8-9-14(15)17/h2,4,6-10H,1H2. The first-order valence-electron chi connectivity index (χ1n) is 5.01. The van der Waals surface area contributed by atoms with Gasteiger partial charge < -0.3 is 0 Å². The van der Waals surface area contributed by atoms with Gasteiger partial charge in [-0.3, -0.25) is 9.59 Å². The summed E-state index contributed by atoms with van der Waals surface area (Å²) in [6.07, 6.45) is 4.00. The molecule has 1 aromatic rings. The first-order chi connectivity index (χ1) is 8.22. The van der Waals surface area contributed by atoms with Gasteiger partial charge in [-0.2, -0.15) is 0 Å². The van der Waals surface area contributed by atoms with Crippen LogP contribution in [0.2, 0.25) is 0 Å². The molecule has 0 aliphatic carbocycles. The van der Waals surface area contributed by atoms with E-state index in [-0.39, 0.29) is 11.8 Å². The molecule has 0 unspecified atom stereocenters. The molecule has 0 aromatic heterocycles. The highest BCUT2D eigenvalue weighted by atomic mass is 16.2. The predicted octanol–water partition coefficient (Wildman–Crippen LogP) is 1.65. The van der Waals surface area contributed by atoms with Crippen molar-refractivity contribution in [2.24, 2.45) is 0 Å². The van der Waals surface area contributed by atoms with Crippen molar-refractivity contribution < 1.29 is 9.59 Å². The number of amides is 2. The summed E-state index contributed by atoms with van der Waals surface area (Å²) in [6.45, 7) is 3.50. The van der Waals surface area contributed by atoms with Gasteiger partial charge in [-0.1, -0.05) is 24.5 Å². The Labute approximate surface area is 99.0 Å². The number of carbonyl (C=O) groups is 2. The number of benzene rings is 1. The quantitative estimate of drug-likeness (QED) is 0.536. The normalized spacial score (nSPS) is 13.5. The van der Waals surface area contributed by atoms with Crippen molar-refractivity contribution in [1.82, 2.24) is 0 Å². The van der Waals surface area contributed by atoms with E-state index in [1.54, 1.807) is 24.3 Å². The van der Waals surface area contributed by atoms with Crippen LogP contribution >= 0.6 is 0 Å². The summed E-state index contributed by atoms with van der Waals surface area (Å²) in [7, 11) is 0. The van der Waals surface area contributed by atoms with Crippen LogP contribution in [0.15, 0.2) is 49.1 Å². The largest absolute Gasteiger partial charge is 0.269 e. The van der Waals surface area contributed by atoms with Crippen molar-refractivity contribution in [3.05, 3.63) is 54.6 Å². The third-order valence-electron chi connectivity index (χ3n) is 2.23. The second-order valence-electron chi connectivity index (χ2n) is 3.37. The van der Waals surface area contributed by atoms with Crippen molar-refractivity contribution in [3.63, 3.8) is 0 Å². The Morgan fingerprint density at radius 1 is 1.18 bits per heavy atom. The SMILES string of the molecule is C=CC#Cc1cccc(N2C(=O)C=CC2=O)c1. The Balaban J connectivity index is 2.37. The van der Waals surface area contributed by atoms with E-state index in [0.29, 0.717) is 5.69 Å². The Bertz CT molecular complexity index is 570. The van der Waals surface area contributed by atoms with Gasteiger partial charge >= 0.3 is 0 Å². The highest BCUT2D eigenvalue weighted by molar-refractivity contribution is 6.28. The average Bonchev–Trinajstić information content (AvgIpc) is 2.67. The maximum absolute atomic E-state index is 11.5. The van der Waals surface area contributed by atoms with Crippen LogP contribution in [0, 0.1) is 11.8 Å². The lowest BCUT2D eigenvalue weighted by Crippen LogP contribution is -2.29. The molecular weight excluding hydrogens is 214 g/mol. The summed E-state index contributed by atoms with van der Waals surface area (Å²) in [5.74, 6) is 4.91. The molecule has 0 saturated heterocycles. The Hall–Kier alpha value is -2.60. The molecule has 2 amide bonds. The summed E-state index contributed by atoms with van der Waals surface area (Å²) in [5, 5.41) is 0. The van der Waals surface area contributed by atoms with E-state index < -0.39 is 0 Å². The number of hydrogen-bond donors (Lipinski definition) is 0. The molecule has 3 heteroatoms. The third kappa shape index (κ3) is 2.16. The van der Waals surface area contributed by atoms with Crippen LogP contribution in [0.5, 0.6) is 0 Å². The lowest BCUT2D eigenvalue weighted by Gasteiger charge is -2.13. The molecule has 82 valence electrons. The van der Waals surface area contributed by atoms with Crippen LogP contribution in [-0.2, 0) is 9.59 Å². The van der Waals surface area contributed by atoms with Crippen LogP contribution in [0.3, 0.4) is 0 Å². The van der Waals surface area contributed by atoms with Crippen molar-refractivity contribution >= 4 is 17.5 Å². The Morgan fingerprint density at radius 3 is 2.53 bits per heavy atom. The molecule has 1 aliphatic rings. The molecule has 3 nitrogen and oxygen atoms in total. The van der Waals surface area contributed by atoms with E-state index in [2.05, 4.69) is 18.4 Å². The lowest BCUT2D eigenvalue weighted by atomic mass is 10.2. The highest BCUT2D eigenvalue weighted by Gasteiger charge is 2.24. The van der Waals surface area contributed by atoms with Gasteiger partial charge in [0.05, 0.1) is 5.69 Å². The van der Waals surface area contributed by atoms with Crippen LogP contribution < -0.4 is 4.90 Å². The van der Waals surface area contributed by atoms with Gasteiger partial charge in [-0.05, 0) is 24.3 Å². The number of rotatable bonds is 1. The molecule has 0 atom stereocenters. The molecule has 1 aliphatic heterocycles. The molecule has 0 fully saturated rings. The van der Waals surface area contributed by atoms with E-state index >= 15 is 0 Å². The fourth-order valence-corrected chi connectivity index (χ4v) is 1.51. The zero-order valence-corrected chi connectivity index (χ0v) is 9.01. The number of hydrogen-bond acceptors (Lipinski definition) is 2. The van der Waals surface area contributed by atoms with Crippen molar-refractivity contribution in [1.29, 1.82) is 0 Å². The first kappa shape index (κ1) is 10.9. The van der Waals surface area contributed by atoms with Gasteiger partial charge in [0.2, 0.25) is 0 Å². The molecule has 1 aromatic carbocycles. The van der Waals surface area contributed by atoms with E-state index in [4.69, 9.17) is 0 Å². The van der Waals surface area contributed by atoms with Crippen molar-refractivity contribution in [2.75, 3.05) is 4.90 Å². The van der Waals surface area contributed by atoms with Gasteiger partial charge in [0.1, 0.15) is 0 Å². The summed E-state index contributed by atoms with van der Waals surface area (Å²) in [4.78, 5) is 24.1. The molecule has 2 rings (SSSR count). The third-order valence-corrected chi connectivity index (χ3v) is 2.23. The average molecular weight is 223 g/mol. The Kier molecular flexibility index (Phi) is 2.89. The smallest absolute Gasteiger partial charge is 0.258 e. The number of imide groups is 1. The minimum atomic E-state index is -0.330. The van der Waals surface area contributed by atoms with E-state index in [1.165, 1.54) is 18.2 Å². The Morgan fingerprint density at radius 2 is 1.88 bits per heavy atom. The maximum Gasteiger partial charge on any atom is 0.258 e. The van der Waals surface area contributed by atoms with Gasteiger partial charge in [0.15, 0.2) is 0 Å². The molecule has 0 bridgehead atoms. The molecule has 0 saturated carbocycles. The molecule has 17 heavy (non-hydrogen) atoms. The van der Waals surface area contributed by atoms with Crippen molar-refractivity contribution in [3.8, 4) is 11.8 Å². The van der Waals surface area contributed by atoms with Crippen LogP contribution in [0.4, 0.5) is 5.69 Å². The monoisotopic (exact) mass is 223 g/mol. The van der Waals surface area contributed by atoms with E-state index in [1.807, 2.05) is 0 Å². The number of allylic oxidation sites excluding steroid dienone is 1. The molecule has 0 radical (unpaired) electrons. The summed E-state index contributed by atoms with van der Waals surface area (Å²) in [6, 6.07) is 6.95. The van der Waals surface area contributed by atoms with Gasteiger partial charge in [0.25, 0.3) is 11.8 Å². The first-order valence-corrected chi connectivity index (χ1v) is 5.01. The second-order valence-corrected chi connectivity index (χ2v) is 3.37. The summed E-state index contributed by atoms with van der Waals surface area (Å²) < 4.78 is 0. The minimum absolute atomic E-state index is 0.330. The van der Waals surface area contributed by atoms with Gasteiger partial charge in [-0.15, -0.1) is 0 Å². The number of carbonyl (C=O) groups excluding carboxylic acids is 2. The predicted molar refractivity (Wildman–Crippen MR) is 65.2 cm³/mol. The maximum atomic E-state index is 11.5. The van der Waals surface area contributed by atoms with Crippen LogP contribution in [0.1, 0.15) is 5.56 Å². The van der Waals surface area contributed by atoms with E-state index in [9.17, 15) is 9.59 Å². The zero-order valence-electron chi connectivity index (χ0n) is 9.01. The summed E-state index contributed by atoms with van der Waals surface area (Å²) >= 11 is 0. The second kappa shape index (κ2) is 4.50. The fourth-order valence-electron chi connectivity index (χ4n) is 1.51. The zero-order chi connectivity index (χ0) is 12.3. The van der Waals surface area contributed by atoms with Crippen LogP contribution in [-0.4, -0.2) is 11.8 Å². The molecule has 1 heterocycles. The van der Waals surface area contributed by atoms with Gasteiger partial charge in [0, 0.05) is 17.7 Å². The van der Waals surface area contributed by atoms with Crippen LogP contribution in [0.25, 0.3) is 0 Å². The summed E-state index contributed by atoms with van der Waals surface area (Å²) in [5.41, 5.74) is 1.26. The van der Waals surface area contributed by atoms with Gasteiger partial charge in [-0.25, -0.2) is 4.90 Å². The van der Waals surface area contributed by atoms with E-state index in [0.717, 1.165) is 10.5 Å². The fraction of sp³-hybridized carbons (Fsp3) is 0. The molecular formula is C14H9NO2. The minimum Gasteiger partial charge on any atom is -0.269 e. The topological polar surface area (TPSA) is 37.4 Å².